The van der Waals surface area contributed by atoms with Crippen molar-refractivity contribution >= 4 is 23.0 Å². The lowest BCUT2D eigenvalue weighted by Crippen LogP contribution is -2.36. The molecule has 158 valence electrons. The Kier molecular flexibility index (Phi) is 6.76. The summed E-state index contributed by atoms with van der Waals surface area (Å²) in [5.41, 5.74) is 4.06. The van der Waals surface area contributed by atoms with E-state index in [2.05, 4.69) is 30.0 Å². The van der Waals surface area contributed by atoms with Crippen molar-refractivity contribution in [3.8, 4) is 0 Å². The zero-order valence-electron chi connectivity index (χ0n) is 18.4. The van der Waals surface area contributed by atoms with Gasteiger partial charge < -0.3 is 9.64 Å². The number of nitrogens with zero attached hydrogens (tertiary/aromatic N) is 1. The molecule has 4 nitrogen and oxygen atoms in total. The molecule has 30 heavy (non-hydrogen) atoms. The molecule has 0 atom stereocenters. The van der Waals surface area contributed by atoms with E-state index in [0.717, 1.165) is 24.2 Å². The number of rotatable bonds is 8. The van der Waals surface area contributed by atoms with Gasteiger partial charge in [0, 0.05) is 18.4 Å². The maximum Gasteiger partial charge on any atom is 0.380 e. The average Bonchev–Trinajstić information content (AvgIpc) is 3.17. The van der Waals surface area contributed by atoms with Crippen LogP contribution in [0.4, 0.5) is 5.69 Å². The summed E-state index contributed by atoms with van der Waals surface area (Å²) < 4.78 is 5.75. The van der Waals surface area contributed by atoms with E-state index in [1.54, 1.807) is 0 Å². The first-order valence-corrected chi connectivity index (χ1v) is 10.8. The molecule has 1 aliphatic rings. The highest BCUT2D eigenvalue weighted by molar-refractivity contribution is 6.51. The van der Waals surface area contributed by atoms with Gasteiger partial charge >= 0.3 is 5.97 Å². The van der Waals surface area contributed by atoms with Crippen LogP contribution in [0.25, 0.3) is 5.57 Å². The minimum atomic E-state index is -0.779. The van der Waals surface area contributed by atoms with Crippen LogP contribution in [0, 0.1) is 6.92 Å². The molecule has 0 bridgehead atoms. The SMILES string of the molecule is CCC(CC)(CC)OC(=O)C(=O)/C(=C/N1CCc2cc(C)ccc21)c1ccccc1. The van der Waals surface area contributed by atoms with E-state index in [9.17, 15) is 9.59 Å². The van der Waals surface area contributed by atoms with Crippen molar-refractivity contribution in [2.75, 3.05) is 11.4 Å². The first-order valence-electron chi connectivity index (χ1n) is 10.8. The van der Waals surface area contributed by atoms with Crippen LogP contribution in [0.3, 0.4) is 0 Å². The largest absolute Gasteiger partial charge is 0.453 e. The monoisotopic (exact) mass is 405 g/mol. The number of anilines is 1. The van der Waals surface area contributed by atoms with Crippen molar-refractivity contribution < 1.29 is 14.3 Å². The second kappa shape index (κ2) is 9.29. The summed E-state index contributed by atoms with van der Waals surface area (Å²) in [6.45, 7) is 8.82. The molecule has 0 saturated carbocycles. The van der Waals surface area contributed by atoms with Crippen LogP contribution in [-0.4, -0.2) is 23.9 Å². The Morgan fingerprint density at radius 2 is 1.70 bits per heavy atom. The van der Waals surface area contributed by atoms with E-state index in [1.165, 1.54) is 11.1 Å². The smallest absolute Gasteiger partial charge is 0.380 e. The first kappa shape index (κ1) is 21.8. The molecule has 0 fully saturated rings. The van der Waals surface area contributed by atoms with Gasteiger partial charge in [0.1, 0.15) is 5.60 Å². The normalized spacial score (nSPS) is 13.9. The molecule has 2 aromatic rings. The lowest BCUT2D eigenvalue weighted by Gasteiger charge is -2.30. The highest BCUT2D eigenvalue weighted by atomic mass is 16.6. The van der Waals surface area contributed by atoms with Crippen LogP contribution in [0.15, 0.2) is 54.7 Å². The lowest BCUT2D eigenvalue weighted by molar-refractivity contribution is -0.165. The van der Waals surface area contributed by atoms with Gasteiger partial charge in [-0.25, -0.2) is 4.79 Å². The molecule has 0 saturated heterocycles. The summed E-state index contributed by atoms with van der Waals surface area (Å²) in [5, 5.41) is 0. The van der Waals surface area contributed by atoms with Gasteiger partial charge in [0.25, 0.3) is 5.78 Å². The minimum Gasteiger partial charge on any atom is -0.453 e. The predicted octanol–water partition coefficient (Wildman–Crippen LogP) is 5.48. The molecule has 0 spiro atoms. The Labute approximate surface area is 179 Å². The summed E-state index contributed by atoms with van der Waals surface area (Å²) in [4.78, 5) is 28.2. The number of Topliss-reactive ketones (excluding diaryl/α,β-unsaturated/α-hetero) is 1. The number of hydrogen-bond acceptors (Lipinski definition) is 4. The zero-order chi connectivity index (χ0) is 21.7. The fraction of sp³-hybridized carbons (Fsp3) is 0.385. The van der Waals surface area contributed by atoms with Crippen LogP contribution >= 0.6 is 0 Å². The molecular formula is C26H31NO3. The fourth-order valence-corrected chi connectivity index (χ4v) is 4.05. The Bertz CT molecular complexity index is 934. The maximum atomic E-state index is 13.3. The molecule has 3 rings (SSSR count). The average molecular weight is 406 g/mol. The second-order valence-electron chi connectivity index (χ2n) is 7.95. The third-order valence-electron chi connectivity index (χ3n) is 6.21. The molecule has 4 heteroatoms. The van der Waals surface area contributed by atoms with Crippen LogP contribution < -0.4 is 4.90 Å². The van der Waals surface area contributed by atoms with Crippen molar-refractivity contribution in [1.82, 2.24) is 0 Å². The standard InChI is InChI=1S/C26H31NO3/c1-5-26(6-2,7-3)30-25(29)24(28)22(20-11-9-8-10-12-20)18-27-16-15-21-17-19(4)13-14-23(21)27/h8-14,17-18H,5-7,15-16H2,1-4H3/b22-18+. The number of ether oxygens (including phenoxy) is 1. The number of esters is 1. The molecular weight excluding hydrogens is 374 g/mol. The van der Waals surface area contributed by atoms with Gasteiger partial charge in [-0.2, -0.15) is 0 Å². The van der Waals surface area contributed by atoms with E-state index in [0.29, 0.717) is 24.8 Å². The van der Waals surface area contributed by atoms with E-state index in [4.69, 9.17) is 4.74 Å². The Morgan fingerprint density at radius 3 is 2.33 bits per heavy atom. The number of aryl methyl sites for hydroxylation is 1. The molecule has 0 aliphatic carbocycles. The van der Waals surface area contributed by atoms with Crippen LogP contribution in [0.5, 0.6) is 0 Å². The zero-order valence-corrected chi connectivity index (χ0v) is 18.4. The quantitative estimate of drug-likeness (QED) is 0.331. The van der Waals surface area contributed by atoms with Gasteiger partial charge in [0.2, 0.25) is 0 Å². The predicted molar refractivity (Wildman–Crippen MR) is 121 cm³/mol. The van der Waals surface area contributed by atoms with Crippen LogP contribution in [0.1, 0.15) is 56.7 Å². The Morgan fingerprint density at radius 1 is 1.03 bits per heavy atom. The van der Waals surface area contributed by atoms with E-state index in [1.807, 2.05) is 57.3 Å². The van der Waals surface area contributed by atoms with Gasteiger partial charge in [-0.15, -0.1) is 0 Å². The van der Waals surface area contributed by atoms with Gasteiger partial charge in [0.15, 0.2) is 0 Å². The number of ketones is 1. The summed E-state index contributed by atoms with van der Waals surface area (Å²) in [5.74, 6) is -1.37. The van der Waals surface area contributed by atoms with E-state index in [-0.39, 0.29) is 0 Å². The van der Waals surface area contributed by atoms with Crippen molar-refractivity contribution in [1.29, 1.82) is 0 Å². The van der Waals surface area contributed by atoms with Crippen LogP contribution in [0.2, 0.25) is 0 Å². The summed E-state index contributed by atoms with van der Waals surface area (Å²) >= 11 is 0. The van der Waals surface area contributed by atoms with E-state index >= 15 is 0 Å². The highest BCUT2D eigenvalue weighted by Gasteiger charge is 2.33. The maximum absolute atomic E-state index is 13.3. The molecule has 2 aromatic carbocycles. The third kappa shape index (κ3) is 4.48. The molecule has 0 amide bonds. The van der Waals surface area contributed by atoms with Gasteiger partial charge in [0.05, 0.1) is 5.57 Å². The van der Waals surface area contributed by atoms with E-state index < -0.39 is 17.4 Å². The molecule has 1 aliphatic heterocycles. The first-order chi connectivity index (χ1) is 14.4. The number of carbonyl (C=O) groups excluding carboxylic acids is 2. The number of fused-ring (bicyclic) bond motifs is 1. The molecule has 0 radical (unpaired) electrons. The van der Waals surface area contributed by atoms with Crippen molar-refractivity contribution in [3.05, 3.63) is 71.4 Å². The number of carbonyl (C=O) groups is 2. The third-order valence-corrected chi connectivity index (χ3v) is 6.21. The van der Waals surface area contributed by atoms with Crippen LogP contribution in [-0.2, 0) is 20.7 Å². The molecule has 0 unspecified atom stereocenters. The van der Waals surface area contributed by atoms with Gasteiger partial charge in [-0.1, -0.05) is 68.8 Å². The lowest BCUT2D eigenvalue weighted by atomic mass is 9.93. The van der Waals surface area contributed by atoms with Gasteiger partial charge in [-0.05, 0) is 49.8 Å². The second-order valence-corrected chi connectivity index (χ2v) is 7.95. The molecule has 0 N–H and O–H groups in total. The number of benzene rings is 2. The number of hydrogen-bond donors (Lipinski definition) is 0. The highest BCUT2D eigenvalue weighted by Crippen LogP contribution is 2.31. The summed E-state index contributed by atoms with van der Waals surface area (Å²) in [7, 11) is 0. The molecule has 0 aromatic heterocycles. The summed E-state index contributed by atoms with van der Waals surface area (Å²) in [6.07, 6.45) is 4.78. The fourth-order valence-electron chi connectivity index (χ4n) is 4.05. The van der Waals surface area contributed by atoms with Crippen molar-refractivity contribution in [2.24, 2.45) is 0 Å². The van der Waals surface area contributed by atoms with Crippen molar-refractivity contribution in [2.45, 2.75) is 59.0 Å². The minimum absolute atomic E-state index is 0.367. The topological polar surface area (TPSA) is 46.6 Å². The van der Waals surface area contributed by atoms with Gasteiger partial charge in [-0.3, -0.25) is 4.79 Å². The Hall–Kier alpha value is -2.88. The Balaban J connectivity index is 1.96. The summed E-state index contributed by atoms with van der Waals surface area (Å²) in [6, 6.07) is 15.7. The molecule has 1 heterocycles. The van der Waals surface area contributed by atoms with Crippen molar-refractivity contribution in [3.63, 3.8) is 0 Å².